The first kappa shape index (κ1) is 46.1. The fourth-order valence-corrected chi connectivity index (χ4v) is 8.83. The lowest BCUT2D eigenvalue weighted by atomic mass is 10.1. The molecule has 0 unspecified atom stereocenters. The third-order valence-electron chi connectivity index (χ3n) is 10.1. The number of aromatic nitrogens is 2. The summed E-state index contributed by atoms with van der Waals surface area (Å²) in [6.07, 6.45) is 7.92. The molecule has 4 aromatic carbocycles. The number of amides is 2. The average Bonchev–Trinajstić information content (AvgIpc) is 3.27. The summed E-state index contributed by atoms with van der Waals surface area (Å²) in [7, 11) is 0. The largest absolute Gasteiger partial charge is 0.322 e. The molecule has 2 N–H and O–H groups in total. The molecule has 2 amide bonds. The Hall–Kier alpha value is -4.39. The maximum Gasteiger partial charge on any atom is 0.258 e. The Kier molecular flexibility index (Phi) is 18.4. The topological polar surface area (TPSA) is 90.5 Å². The van der Waals surface area contributed by atoms with E-state index in [0.717, 1.165) is 44.0 Å². The van der Waals surface area contributed by atoms with Crippen molar-refractivity contribution >= 4 is 82.4 Å². The van der Waals surface area contributed by atoms with Crippen LogP contribution >= 0.6 is 59.2 Å². The summed E-state index contributed by atoms with van der Waals surface area (Å²) in [4.78, 5) is 38.0. The lowest BCUT2D eigenvalue weighted by Gasteiger charge is -2.31. The maximum atomic E-state index is 12.8. The third kappa shape index (κ3) is 15.5. The van der Waals surface area contributed by atoms with Crippen molar-refractivity contribution in [2.24, 2.45) is 0 Å². The molecule has 8 nitrogen and oxygen atoms in total. The second-order valence-corrected chi connectivity index (χ2v) is 17.9. The van der Waals surface area contributed by atoms with E-state index in [-0.39, 0.29) is 17.0 Å². The number of benzene rings is 4. The zero-order chi connectivity index (χ0) is 42.8. The number of piperidine rings is 2. The van der Waals surface area contributed by atoms with E-state index in [4.69, 9.17) is 34.8 Å². The molecular formula is C48H49Cl3N6O2S2. The molecule has 0 atom stereocenters. The number of hydrogen-bond donors (Lipinski definition) is 3. The monoisotopic (exact) mass is 910 g/mol. The highest BCUT2D eigenvalue weighted by Gasteiger charge is 2.23. The number of halogens is 3. The number of carbonyl (C=O) groups excluding carboxylic acids is 2. The molecule has 0 aliphatic carbocycles. The number of rotatable bonds is 10. The maximum absolute atomic E-state index is 12.8. The molecule has 2 aliphatic rings. The minimum atomic E-state index is -0.314. The quantitative estimate of drug-likeness (QED) is 0.0931. The minimum absolute atomic E-state index is 0.158. The average molecular weight is 912 g/mol. The van der Waals surface area contributed by atoms with Crippen molar-refractivity contribution < 1.29 is 9.59 Å². The van der Waals surface area contributed by atoms with Crippen LogP contribution in [-0.2, 0) is 13.1 Å². The normalized spacial score (nSPS) is 14.8. The smallest absolute Gasteiger partial charge is 0.258 e. The highest BCUT2D eigenvalue weighted by Crippen LogP contribution is 2.32. The summed E-state index contributed by atoms with van der Waals surface area (Å²) in [5.41, 5.74) is 5.01. The van der Waals surface area contributed by atoms with Crippen LogP contribution < -0.4 is 10.6 Å². The van der Waals surface area contributed by atoms with Gasteiger partial charge in [-0.15, -0.1) is 11.8 Å². The molecule has 8 rings (SSSR count). The Balaban J connectivity index is 0.000000169. The van der Waals surface area contributed by atoms with Crippen molar-refractivity contribution in [3.8, 4) is 0 Å². The Labute approximate surface area is 383 Å². The Morgan fingerprint density at radius 3 is 1.57 bits per heavy atom. The van der Waals surface area contributed by atoms with Crippen LogP contribution in [0.15, 0.2) is 151 Å². The van der Waals surface area contributed by atoms with Gasteiger partial charge in [0.1, 0.15) is 10.2 Å². The molecule has 0 bridgehead atoms. The number of nitrogens with one attached hydrogen (secondary N) is 2. The summed E-state index contributed by atoms with van der Waals surface area (Å²) < 4.78 is 0. The first-order valence-corrected chi connectivity index (χ1v) is 22.8. The number of carbonyl (C=O) groups is 2. The van der Waals surface area contributed by atoms with Crippen LogP contribution in [0.5, 0.6) is 0 Å². The van der Waals surface area contributed by atoms with Crippen molar-refractivity contribution in [1.82, 2.24) is 19.8 Å². The van der Waals surface area contributed by atoms with Crippen LogP contribution in [0, 0.1) is 0 Å². The summed E-state index contributed by atoms with van der Waals surface area (Å²) in [6, 6.07) is 42.3. The molecule has 2 aromatic heterocycles. The number of thioether (sulfide) groups is 1. The van der Waals surface area contributed by atoms with Gasteiger partial charge < -0.3 is 10.6 Å². The molecular weight excluding hydrogens is 863 g/mol. The number of likely N-dealkylation sites (tertiary alicyclic amines) is 2. The van der Waals surface area contributed by atoms with Crippen LogP contribution in [-0.4, -0.2) is 68.3 Å². The SMILES string of the molecule is O=C(Nc1cccc(Cl)c1)c1cccnc1Cl.O=C(Nc1cccc(Cl)c1)c1cccnc1SC1CCN(Cc2ccccc2)CC1.SC1CCN(Cc2ccccc2)CC1. The molecule has 2 fully saturated rings. The molecule has 2 saturated heterocycles. The van der Waals surface area contributed by atoms with Gasteiger partial charge in [-0.3, -0.25) is 19.4 Å². The molecule has 13 heteroatoms. The van der Waals surface area contributed by atoms with Gasteiger partial charge in [0.25, 0.3) is 11.8 Å². The molecule has 0 spiro atoms. The van der Waals surface area contributed by atoms with Crippen molar-refractivity contribution in [2.75, 3.05) is 36.8 Å². The highest BCUT2D eigenvalue weighted by atomic mass is 35.5. The van der Waals surface area contributed by atoms with Crippen molar-refractivity contribution in [3.05, 3.63) is 183 Å². The van der Waals surface area contributed by atoms with Crippen LogP contribution in [0.25, 0.3) is 0 Å². The number of anilines is 2. The van der Waals surface area contributed by atoms with E-state index in [9.17, 15) is 9.59 Å². The van der Waals surface area contributed by atoms with Gasteiger partial charge >= 0.3 is 0 Å². The molecule has 6 aromatic rings. The van der Waals surface area contributed by atoms with E-state index in [0.29, 0.717) is 43.0 Å². The van der Waals surface area contributed by atoms with E-state index >= 15 is 0 Å². The van der Waals surface area contributed by atoms with Gasteiger partial charge in [-0.2, -0.15) is 12.6 Å². The Morgan fingerprint density at radius 1 is 0.590 bits per heavy atom. The van der Waals surface area contributed by atoms with Crippen molar-refractivity contribution in [2.45, 2.75) is 54.3 Å². The summed E-state index contributed by atoms with van der Waals surface area (Å²) in [5, 5.41) is 8.82. The molecule has 0 saturated carbocycles. The van der Waals surface area contributed by atoms with Gasteiger partial charge in [-0.25, -0.2) is 9.97 Å². The Bertz CT molecular complexity index is 2290. The number of thiol groups is 1. The van der Waals surface area contributed by atoms with Gasteiger partial charge in [0.2, 0.25) is 0 Å². The predicted octanol–water partition coefficient (Wildman–Crippen LogP) is 12.0. The molecule has 2 aliphatic heterocycles. The fourth-order valence-electron chi connectivity index (χ4n) is 6.85. The van der Waals surface area contributed by atoms with E-state index in [1.54, 1.807) is 72.6 Å². The van der Waals surface area contributed by atoms with Crippen LogP contribution in [0.4, 0.5) is 11.4 Å². The van der Waals surface area contributed by atoms with E-state index < -0.39 is 0 Å². The lowest BCUT2D eigenvalue weighted by molar-refractivity contribution is 0.101. The van der Waals surface area contributed by atoms with Gasteiger partial charge in [0, 0.05) is 57.4 Å². The van der Waals surface area contributed by atoms with Crippen molar-refractivity contribution in [3.63, 3.8) is 0 Å². The van der Waals surface area contributed by atoms with E-state index in [2.05, 4.69) is 104 Å². The fraction of sp³-hybridized carbons (Fsp3) is 0.250. The lowest BCUT2D eigenvalue weighted by Crippen LogP contribution is -2.34. The standard InChI is InChI=1S/C24H24ClN3OS.C12H8Cl2N2O.C12H17NS/c25-19-8-4-9-20(16-19)27-23(29)22-10-5-13-26-24(22)30-21-11-14-28(15-12-21)17-18-6-2-1-3-7-18;13-8-3-1-4-9(7-8)16-12(17)10-5-2-6-15-11(10)14;14-12-6-8-13(9-7-12)10-11-4-2-1-3-5-11/h1-10,13,16,21H,11-12,14-15,17H2,(H,27,29);1-7H,(H,16,17);1-5,12,14H,6-10H2. The zero-order valence-electron chi connectivity index (χ0n) is 33.7. The molecule has 316 valence electrons. The second kappa shape index (κ2) is 24.3. The van der Waals surface area contributed by atoms with Crippen LogP contribution in [0.3, 0.4) is 0 Å². The number of nitrogens with zero attached hydrogens (tertiary/aromatic N) is 4. The molecule has 61 heavy (non-hydrogen) atoms. The summed E-state index contributed by atoms with van der Waals surface area (Å²) in [6.45, 7) is 6.61. The van der Waals surface area contributed by atoms with E-state index in [1.165, 1.54) is 43.3 Å². The zero-order valence-corrected chi connectivity index (χ0v) is 37.7. The number of hydrogen-bond acceptors (Lipinski definition) is 8. The first-order valence-electron chi connectivity index (χ1n) is 20.2. The van der Waals surface area contributed by atoms with Gasteiger partial charge in [0.05, 0.1) is 11.1 Å². The Morgan fingerprint density at radius 2 is 1.07 bits per heavy atom. The number of pyridine rings is 2. The van der Waals surface area contributed by atoms with E-state index in [1.807, 2.05) is 18.2 Å². The van der Waals surface area contributed by atoms with Crippen molar-refractivity contribution in [1.29, 1.82) is 0 Å². The predicted molar refractivity (Wildman–Crippen MR) is 257 cm³/mol. The van der Waals surface area contributed by atoms with Gasteiger partial charge in [-0.05, 0) is 124 Å². The van der Waals surface area contributed by atoms with Crippen LogP contribution in [0.1, 0.15) is 57.5 Å². The first-order chi connectivity index (χ1) is 29.7. The highest BCUT2D eigenvalue weighted by molar-refractivity contribution is 7.99. The molecule has 0 radical (unpaired) electrons. The third-order valence-corrected chi connectivity index (χ3v) is 12.7. The summed E-state index contributed by atoms with van der Waals surface area (Å²) >= 11 is 23.9. The second-order valence-electron chi connectivity index (χ2n) is 14.7. The minimum Gasteiger partial charge on any atom is -0.322 e. The molecule has 4 heterocycles. The summed E-state index contributed by atoms with van der Waals surface area (Å²) in [5.74, 6) is -0.472. The van der Waals surface area contributed by atoms with Crippen LogP contribution in [0.2, 0.25) is 15.2 Å². The van der Waals surface area contributed by atoms with Gasteiger partial charge in [-0.1, -0.05) is 108 Å². The van der Waals surface area contributed by atoms with Gasteiger partial charge in [0.15, 0.2) is 0 Å².